The van der Waals surface area contributed by atoms with Crippen LogP contribution in [0.15, 0.2) is 122 Å². The Hall–Kier alpha value is -9.87. The Morgan fingerprint density at radius 2 is 1.27 bits per heavy atom. The lowest BCUT2D eigenvalue weighted by molar-refractivity contribution is -0.146. The number of aromatic nitrogens is 3. The number of nitrogens with one attached hydrogen (secondary N) is 10. The SMILES string of the molecule is C[C@H]1NC(=O)[C@H](CCCCN)NC(=O)CCSCc2cccc(c2)CSCCNC(=O)[C@]2(C)CCCN2C(=O)[C@H](Cc2ccc(O)cc2)NC(=O)[C@H](Cc2cnc[nH]2)NC(=O)[C@H](CC(=O)O)NC(=O)[C@H](Cc2cccc3ccc(F)cc23)NC(=O)[C@H](Cc2c[nH]c3ccc(F)cc23)NC1=O. The number of carboxylic acids is 1. The molecule has 8 atom stereocenters. The Bertz CT molecular complexity index is 4090. The molecule has 0 spiro atoms. The highest BCUT2D eigenvalue weighted by molar-refractivity contribution is 7.98. The van der Waals surface area contributed by atoms with E-state index in [-0.39, 0.29) is 57.4 Å². The molecule has 0 radical (unpaired) electrons. The molecule has 14 N–H and O–H groups in total. The number of nitrogens with two attached hydrogens (primary N) is 1. The minimum absolute atomic E-state index is 0.0516. The van der Waals surface area contributed by atoms with Crippen molar-refractivity contribution in [3.8, 4) is 5.75 Å². The van der Waals surface area contributed by atoms with Crippen LogP contribution in [0.2, 0.25) is 0 Å². The fraction of sp³-hybridized carbons (Fsp3) is 0.394. The van der Waals surface area contributed by atoms with E-state index < -0.39 is 131 Å². The second-order valence-corrected chi connectivity index (χ2v) is 27.4. The molecule has 100 heavy (non-hydrogen) atoms. The number of carboxylic acid groups (broad SMARTS) is 1. The largest absolute Gasteiger partial charge is 0.508 e. The molecule has 25 nitrogen and oxygen atoms in total. The number of rotatable bonds is 14. The number of phenols is 1. The van der Waals surface area contributed by atoms with Crippen molar-refractivity contribution in [2.24, 2.45) is 5.73 Å². The van der Waals surface area contributed by atoms with Gasteiger partial charge in [-0.2, -0.15) is 23.5 Å². The fourth-order valence-electron chi connectivity index (χ4n) is 12.3. The maximum atomic E-state index is 15.2. The number of amides is 9. The number of fused-ring (bicyclic) bond motifs is 5. The van der Waals surface area contributed by atoms with Crippen molar-refractivity contribution in [2.45, 2.75) is 144 Å². The zero-order valence-electron chi connectivity index (χ0n) is 55.3. The summed E-state index contributed by atoms with van der Waals surface area (Å²) in [5.74, 6) is -8.28. The summed E-state index contributed by atoms with van der Waals surface area (Å²) in [6.45, 7) is 3.71. The Morgan fingerprint density at radius 1 is 0.650 bits per heavy atom. The molecule has 1 saturated heterocycles. The van der Waals surface area contributed by atoms with Crippen molar-refractivity contribution in [3.63, 3.8) is 0 Å². The van der Waals surface area contributed by atoms with Crippen LogP contribution in [0.5, 0.6) is 5.75 Å². The lowest BCUT2D eigenvalue weighted by Gasteiger charge is -2.36. The van der Waals surface area contributed by atoms with Crippen LogP contribution in [-0.2, 0) is 85.1 Å². The summed E-state index contributed by atoms with van der Waals surface area (Å²) < 4.78 is 30.0. The van der Waals surface area contributed by atoms with E-state index >= 15 is 18.8 Å². The molecule has 2 bridgehead atoms. The number of nitrogens with zero attached hydrogens (tertiary/aromatic N) is 2. The highest BCUT2D eigenvalue weighted by Gasteiger charge is 2.48. The van der Waals surface area contributed by atoms with Crippen LogP contribution >= 0.6 is 23.5 Å². The summed E-state index contributed by atoms with van der Waals surface area (Å²) in [6.07, 6.45) is 3.66. The smallest absolute Gasteiger partial charge is 0.305 e. The van der Waals surface area contributed by atoms with Crippen LogP contribution in [0.25, 0.3) is 21.7 Å². The molecule has 0 unspecified atom stereocenters. The molecule has 4 heterocycles. The van der Waals surface area contributed by atoms with Crippen LogP contribution in [0.1, 0.15) is 92.3 Å². The van der Waals surface area contributed by atoms with E-state index in [1.807, 2.05) is 18.2 Å². The summed E-state index contributed by atoms with van der Waals surface area (Å²) in [4.78, 5) is 156. The number of unbranched alkanes of at least 4 members (excludes halogenated alkanes) is 1. The standard InChI is InChI=1S/C71H83F2N13O12S2/c1-41-63(91)81-57(31-47-36-77-54-20-17-49(73)33-53(47)54)66(94)82-56(30-46-11-6-10-45-15-16-48(72)32-52(45)46)65(93)84-59(35-62(89)90)68(96)83-58(34-50-37-75-40-78-50)67(95)85-60(29-42-13-18-51(87)19-14-42)69(97)86-25-7-22-71(86,2)70(98)76-24-27-100-39-44-9-5-8-43(28-44)38-99-26-21-61(88)80-55(64(92)79-41)12-3-4-23-74/h5-6,8-11,13-20,28,32-33,36-37,40-41,55-60,77,87H,3-4,7,12,21-27,29-31,34-35,38-39,74H2,1-2H3,(H,75,78)(H,76,98)(H,79,92)(H,80,88)(H,81,91)(H,82,94)(H,83,96)(H,84,93)(H,85,95)(H,89,90)/t41-,55+,56+,57+,58+,59+,60+,71+/m1/s1. The van der Waals surface area contributed by atoms with E-state index in [0.717, 1.165) is 11.1 Å². The molecule has 1 fully saturated rings. The van der Waals surface area contributed by atoms with E-state index in [1.54, 1.807) is 49.0 Å². The Kier molecular flexibility index (Phi) is 26.2. The van der Waals surface area contributed by atoms with Gasteiger partial charge in [0.05, 0.1) is 12.7 Å². The number of aliphatic carboxylic acids is 1. The molecule has 2 aliphatic heterocycles. The molecular formula is C71H83F2N13O12S2. The molecule has 0 aliphatic carbocycles. The van der Waals surface area contributed by atoms with Gasteiger partial charge in [0, 0.05) is 97.2 Å². The normalized spacial score (nSPS) is 22.8. The first kappa shape index (κ1) is 74.4. The van der Waals surface area contributed by atoms with Crippen molar-refractivity contribution < 1.29 is 66.9 Å². The average molecular weight is 1410 g/mol. The zero-order valence-corrected chi connectivity index (χ0v) is 57.0. The molecule has 29 heteroatoms. The van der Waals surface area contributed by atoms with Crippen LogP contribution in [0.3, 0.4) is 0 Å². The van der Waals surface area contributed by atoms with Crippen molar-refractivity contribution >= 4 is 104 Å². The van der Waals surface area contributed by atoms with Gasteiger partial charge in [-0.25, -0.2) is 13.8 Å². The lowest BCUT2D eigenvalue weighted by Crippen LogP contribution is -2.62. The summed E-state index contributed by atoms with van der Waals surface area (Å²) in [6, 6.07) is 15.6. The molecule has 530 valence electrons. The maximum Gasteiger partial charge on any atom is 0.305 e. The second kappa shape index (κ2) is 35.3. The summed E-state index contributed by atoms with van der Waals surface area (Å²) in [7, 11) is 0. The minimum atomic E-state index is -2.01. The van der Waals surface area contributed by atoms with Gasteiger partial charge in [0.1, 0.15) is 65.2 Å². The van der Waals surface area contributed by atoms with Gasteiger partial charge >= 0.3 is 5.97 Å². The number of phenolic OH excluding ortho intramolecular Hbond substituents is 1. The summed E-state index contributed by atoms with van der Waals surface area (Å²) in [5.41, 5.74) is 8.35. The third-order valence-electron chi connectivity index (χ3n) is 17.7. The molecule has 2 aliphatic rings. The fourth-order valence-corrected chi connectivity index (χ4v) is 14.0. The quantitative estimate of drug-likeness (QED) is 0.0672. The lowest BCUT2D eigenvalue weighted by atomic mass is 9.95. The Morgan fingerprint density at radius 3 is 1.96 bits per heavy atom. The van der Waals surface area contributed by atoms with Crippen LogP contribution in [0.4, 0.5) is 8.78 Å². The number of imidazole rings is 1. The number of aromatic amines is 2. The van der Waals surface area contributed by atoms with Crippen LogP contribution in [-0.4, -0.2) is 168 Å². The zero-order chi connectivity index (χ0) is 71.5. The van der Waals surface area contributed by atoms with Crippen molar-refractivity contribution in [1.29, 1.82) is 0 Å². The molecule has 9 amide bonds. The number of benzene rings is 5. The van der Waals surface area contributed by atoms with E-state index in [9.17, 15) is 48.2 Å². The van der Waals surface area contributed by atoms with Gasteiger partial charge in [-0.15, -0.1) is 0 Å². The molecule has 7 aromatic rings. The van der Waals surface area contributed by atoms with Gasteiger partial charge in [0.25, 0.3) is 0 Å². The first-order chi connectivity index (χ1) is 48.0. The molecule has 9 rings (SSSR count). The number of carbonyl (C=O) groups excluding carboxylic acids is 9. The third kappa shape index (κ3) is 20.4. The first-order valence-corrected chi connectivity index (χ1v) is 35.4. The predicted molar refractivity (Wildman–Crippen MR) is 374 cm³/mol. The monoisotopic (exact) mass is 1410 g/mol. The highest BCUT2D eigenvalue weighted by Crippen LogP contribution is 2.31. The average Bonchev–Trinajstić information content (AvgIpc) is 1.56. The van der Waals surface area contributed by atoms with Crippen LogP contribution < -0.4 is 48.3 Å². The van der Waals surface area contributed by atoms with Crippen LogP contribution in [0, 0.1) is 11.6 Å². The topological polar surface area (TPSA) is 381 Å². The van der Waals surface area contributed by atoms with E-state index in [4.69, 9.17) is 5.73 Å². The van der Waals surface area contributed by atoms with E-state index in [0.29, 0.717) is 92.9 Å². The maximum absolute atomic E-state index is 15.2. The van der Waals surface area contributed by atoms with E-state index in [1.165, 1.54) is 90.8 Å². The van der Waals surface area contributed by atoms with Crippen molar-refractivity contribution in [1.82, 2.24) is 62.4 Å². The number of carbonyl (C=O) groups is 10. The Balaban J connectivity index is 1.06. The molecule has 2 aromatic heterocycles. The number of hydrogen-bond acceptors (Lipinski definition) is 15. The Labute approximate surface area is 584 Å². The molecular weight excluding hydrogens is 1330 g/mol. The van der Waals surface area contributed by atoms with Gasteiger partial charge in [-0.05, 0) is 134 Å². The minimum Gasteiger partial charge on any atom is -0.508 e. The van der Waals surface area contributed by atoms with Gasteiger partial charge in [0.2, 0.25) is 53.2 Å². The highest BCUT2D eigenvalue weighted by atomic mass is 32.2. The number of halogens is 2. The first-order valence-electron chi connectivity index (χ1n) is 33.1. The van der Waals surface area contributed by atoms with Gasteiger partial charge in [-0.3, -0.25) is 47.9 Å². The van der Waals surface area contributed by atoms with Crippen molar-refractivity contribution in [3.05, 3.63) is 167 Å². The summed E-state index contributed by atoms with van der Waals surface area (Å²) in [5, 5.41) is 43.4. The number of hydrogen-bond donors (Lipinski definition) is 13. The van der Waals surface area contributed by atoms with E-state index in [2.05, 4.69) is 63.6 Å². The van der Waals surface area contributed by atoms with Gasteiger partial charge < -0.3 is 73.3 Å². The number of aromatic hydroxyl groups is 1. The predicted octanol–water partition coefficient (Wildman–Crippen LogP) is 4.38. The molecule has 5 aromatic carbocycles. The van der Waals surface area contributed by atoms with Gasteiger partial charge in [0.15, 0.2) is 0 Å². The van der Waals surface area contributed by atoms with Crippen molar-refractivity contribution in [2.75, 3.05) is 31.1 Å². The molecule has 0 saturated carbocycles. The summed E-state index contributed by atoms with van der Waals surface area (Å²) >= 11 is 3.11. The second-order valence-electron chi connectivity index (χ2n) is 25.2. The third-order valence-corrected chi connectivity index (χ3v) is 19.7. The number of thioether (sulfide) groups is 2. The number of H-pyrrole nitrogens is 2. The van der Waals surface area contributed by atoms with Gasteiger partial charge in [-0.1, -0.05) is 60.7 Å².